The highest BCUT2D eigenvalue weighted by molar-refractivity contribution is 5.94. The van der Waals surface area contributed by atoms with Crippen molar-refractivity contribution >= 4 is 29.7 Å². The lowest BCUT2D eigenvalue weighted by molar-refractivity contribution is -0.147. The third-order valence-electron chi connectivity index (χ3n) is 7.62. The molecule has 0 aromatic rings. The molecule has 0 bridgehead atoms. The van der Waals surface area contributed by atoms with Crippen LogP contribution >= 0.6 is 0 Å². The van der Waals surface area contributed by atoms with Gasteiger partial charge in [0.1, 0.15) is 12.2 Å². The van der Waals surface area contributed by atoms with Crippen molar-refractivity contribution in [1.29, 1.82) is 0 Å². The van der Waals surface area contributed by atoms with Gasteiger partial charge in [0, 0.05) is 62.8 Å². The lowest BCUT2D eigenvalue weighted by Crippen LogP contribution is -2.48. The number of carbonyl (C=O) groups is 5. The maximum atomic E-state index is 13.2. The number of hydrogen-bond acceptors (Lipinski definition) is 8. The molecule has 0 aromatic carbocycles. The third-order valence-corrected chi connectivity index (χ3v) is 7.62. The molecule has 0 spiro atoms. The van der Waals surface area contributed by atoms with Gasteiger partial charge in [0.15, 0.2) is 5.78 Å². The quantitative estimate of drug-likeness (QED) is 0.0441. The Balaban J connectivity index is 2.63. The molecule has 49 heavy (non-hydrogen) atoms. The summed E-state index contributed by atoms with van der Waals surface area (Å²) in [6, 6.07) is -0.717. The van der Waals surface area contributed by atoms with Crippen molar-refractivity contribution in [1.82, 2.24) is 16.0 Å². The van der Waals surface area contributed by atoms with E-state index in [-0.39, 0.29) is 55.0 Å². The Morgan fingerprint density at radius 3 is 2.39 bits per heavy atom. The molecule has 11 heteroatoms. The van der Waals surface area contributed by atoms with Gasteiger partial charge in [-0.25, -0.2) is 9.59 Å². The highest BCUT2D eigenvalue weighted by Gasteiger charge is 2.31. The van der Waals surface area contributed by atoms with E-state index >= 15 is 0 Å². The number of Topliss-reactive ketones (excluding diaryl/α,β-unsaturated/α-hetero) is 1. The molecule has 0 saturated carbocycles. The van der Waals surface area contributed by atoms with Gasteiger partial charge >= 0.3 is 12.1 Å². The van der Waals surface area contributed by atoms with E-state index in [1.165, 1.54) is 6.08 Å². The van der Waals surface area contributed by atoms with Crippen molar-refractivity contribution in [3.63, 3.8) is 0 Å². The summed E-state index contributed by atoms with van der Waals surface area (Å²) in [5, 5.41) is 16.9. The number of alkyl carbamates (subject to hydrolysis) is 1. The van der Waals surface area contributed by atoms with Crippen LogP contribution in [-0.2, 0) is 28.7 Å². The van der Waals surface area contributed by atoms with E-state index in [2.05, 4.69) is 16.0 Å². The molecule has 0 unspecified atom stereocenters. The van der Waals surface area contributed by atoms with E-state index in [1.807, 2.05) is 71.9 Å². The summed E-state index contributed by atoms with van der Waals surface area (Å²) in [6.07, 6.45) is 18.9. The largest absolute Gasteiger partial charge is 0.458 e. The minimum absolute atomic E-state index is 0.0329. The fourth-order valence-electron chi connectivity index (χ4n) is 4.81. The number of esters is 1. The zero-order valence-electron chi connectivity index (χ0n) is 30.3. The average molecular weight is 684 g/mol. The van der Waals surface area contributed by atoms with Crippen molar-refractivity contribution in [2.24, 2.45) is 11.3 Å². The van der Waals surface area contributed by atoms with Crippen molar-refractivity contribution in [3.05, 3.63) is 71.9 Å². The number of ketones is 1. The van der Waals surface area contributed by atoms with Crippen molar-refractivity contribution in [2.45, 2.75) is 105 Å². The van der Waals surface area contributed by atoms with E-state index in [1.54, 1.807) is 31.2 Å². The Hall–Kier alpha value is -4.25. The molecular formula is C38H57N3O8. The zero-order valence-corrected chi connectivity index (χ0v) is 30.3. The molecule has 0 saturated heterocycles. The molecule has 1 aliphatic heterocycles. The van der Waals surface area contributed by atoms with Crippen LogP contribution in [-0.4, -0.2) is 72.7 Å². The average Bonchev–Trinajstić information content (AvgIpc) is 3.03. The zero-order chi connectivity index (χ0) is 36.8. The first-order valence-electron chi connectivity index (χ1n) is 17.0. The highest BCUT2D eigenvalue weighted by Crippen LogP contribution is 2.23. The van der Waals surface area contributed by atoms with Crippen LogP contribution in [0.5, 0.6) is 0 Å². The molecule has 1 heterocycles. The maximum Gasteiger partial charge on any atom is 0.407 e. The molecule has 1 rings (SSSR count). The van der Waals surface area contributed by atoms with E-state index < -0.39 is 23.7 Å². The van der Waals surface area contributed by atoms with Crippen LogP contribution in [0.15, 0.2) is 71.9 Å². The van der Waals surface area contributed by atoms with Crippen LogP contribution in [0.3, 0.4) is 0 Å². The van der Waals surface area contributed by atoms with Gasteiger partial charge in [0.05, 0.1) is 12.6 Å². The molecule has 0 aromatic heterocycles. The number of rotatable bonds is 20. The lowest BCUT2D eigenvalue weighted by Gasteiger charge is -2.29. The van der Waals surface area contributed by atoms with Gasteiger partial charge in [-0.1, -0.05) is 88.0 Å². The van der Waals surface area contributed by atoms with E-state index in [0.29, 0.717) is 44.3 Å². The minimum atomic E-state index is -0.717. The summed E-state index contributed by atoms with van der Waals surface area (Å²) in [5.41, 5.74) is 1.07. The number of amides is 3. The van der Waals surface area contributed by atoms with E-state index in [9.17, 15) is 24.0 Å². The normalized spacial score (nSPS) is 17.6. The first-order chi connectivity index (χ1) is 23.2. The second-order valence-electron chi connectivity index (χ2n) is 13.2. The number of carbonyl (C=O) groups excluding carboxylic acids is 5. The fourth-order valence-corrected chi connectivity index (χ4v) is 4.81. The van der Waals surface area contributed by atoms with Gasteiger partial charge in [-0.3, -0.25) is 14.4 Å². The fraction of sp³-hybridized carbons (Fsp3) is 0.553. The van der Waals surface area contributed by atoms with Crippen LogP contribution in [0.2, 0.25) is 0 Å². The predicted octanol–water partition coefficient (Wildman–Crippen LogP) is 5.33. The van der Waals surface area contributed by atoms with Crippen LogP contribution in [0.4, 0.5) is 4.79 Å². The molecule has 11 nitrogen and oxygen atoms in total. The van der Waals surface area contributed by atoms with Gasteiger partial charge in [-0.15, -0.1) is 0 Å². The third kappa shape index (κ3) is 18.8. The van der Waals surface area contributed by atoms with Crippen LogP contribution in [0, 0.1) is 11.3 Å². The van der Waals surface area contributed by atoms with Crippen LogP contribution in [0.25, 0.3) is 0 Å². The molecule has 0 fully saturated rings. The number of allylic oxidation sites excluding steroid dienone is 6. The molecule has 4 atom stereocenters. The predicted molar refractivity (Wildman–Crippen MR) is 191 cm³/mol. The Bertz CT molecular complexity index is 1290. The van der Waals surface area contributed by atoms with Gasteiger partial charge in [0.25, 0.3) is 0 Å². The highest BCUT2D eigenvalue weighted by atomic mass is 16.6. The number of aliphatic hydroxyl groups excluding tert-OH is 1. The van der Waals surface area contributed by atoms with Gasteiger partial charge in [-0.2, -0.15) is 0 Å². The molecule has 0 aliphatic carbocycles. The summed E-state index contributed by atoms with van der Waals surface area (Å²) >= 11 is 0. The number of nitrogens with one attached hydrogen (secondary N) is 3. The van der Waals surface area contributed by atoms with Crippen molar-refractivity contribution in [2.75, 3.05) is 19.7 Å². The smallest absolute Gasteiger partial charge is 0.407 e. The second-order valence-corrected chi connectivity index (χ2v) is 13.2. The molecule has 272 valence electrons. The standard InChI is InChI=1S/C38H57N3O8/c1-8-9-16-30(48-37(47)40-24-14-23-39-33(44)22-25-42)17-11-12-18-31(43)35(38(5,6)7)41-34(45)19-13-10-15-27(2)26-29(4)32-21-20-28(3)36(46)49-32/h8-13,15,19-20,26,29-30,32,35,42H,14,16-18,21-25H2,1-7H3,(H,39,44)(H,40,47)(H,41,45)/b9-8-,12-11-,15-10-,19-13-,27-26+/t29-,30-,32-,35+/m0/s1. The Kier molecular flexibility index (Phi) is 20.2. The maximum absolute atomic E-state index is 13.2. The summed E-state index contributed by atoms with van der Waals surface area (Å²) in [6.45, 7) is 13.7. The van der Waals surface area contributed by atoms with Crippen molar-refractivity contribution < 1.29 is 38.6 Å². The Morgan fingerprint density at radius 2 is 1.73 bits per heavy atom. The topological polar surface area (TPSA) is 160 Å². The lowest BCUT2D eigenvalue weighted by atomic mass is 9.83. The summed E-state index contributed by atoms with van der Waals surface area (Å²) in [7, 11) is 0. The molecule has 0 radical (unpaired) electrons. The molecule has 4 N–H and O–H groups in total. The Labute approximate surface area is 292 Å². The van der Waals surface area contributed by atoms with Gasteiger partial charge in [-0.05, 0) is 32.6 Å². The van der Waals surface area contributed by atoms with Crippen LogP contribution in [0.1, 0.15) is 87.0 Å². The first-order valence-corrected chi connectivity index (χ1v) is 17.0. The minimum Gasteiger partial charge on any atom is -0.458 e. The Morgan fingerprint density at radius 1 is 1.06 bits per heavy atom. The van der Waals surface area contributed by atoms with Crippen LogP contribution < -0.4 is 16.0 Å². The molecular weight excluding hydrogens is 626 g/mol. The number of ether oxygens (including phenoxy) is 2. The first kappa shape index (κ1) is 42.8. The van der Waals surface area contributed by atoms with E-state index in [4.69, 9.17) is 14.6 Å². The second kappa shape index (κ2) is 23.2. The summed E-state index contributed by atoms with van der Waals surface area (Å²) in [5.74, 6) is -1.02. The summed E-state index contributed by atoms with van der Waals surface area (Å²) in [4.78, 5) is 61.4. The summed E-state index contributed by atoms with van der Waals surface area (Å²) < 4.78 is 11.0. The SMILES string of the molecule is C/C=C\C[C@@H](C/C=C\CC(=O)[C@@H](NC(=O)\C=C/C=C\C(C)=C\[C@H](C)[C@@H]1CC=C(C)C(=O)O1)C(C)(C)C)OC(=O)NCCCNC(=O)CCO. The molecule has 1 aliphatic rings. The van der Waals surface area contributed by atoms with Crippen molar-refractivity contribution in [3.8, 4) is 0 Å². The monoisotopic (exact) mass is 683 g/mol. The van der Waals surface area contributed by atoms with E-state index in [0.717, 1.165) is 5.57 Å². The number of aliphatic hydroxyl groups is 1. The van der Waals surface area contributed by atoms with Gasteiger partial charge < -0.3 is 30.5 Å². The van der Waals surface area contributed by atoms with Gasteiger partial charge in [0.2, 0.25) is 11.8 Å². The molecule has 3 amide bonds. The number of hydrogen-bond donors (Lipinski definition) is 4. The number of cyclic esters (lactones) is 1.